The van der Waals surface area contributed by atoms with Crippen molar-refractivity contribution >= 4 is 23.1 Å². The predicted octanol–water partition coefficient (Wildman–Crippen LogP) is 1.88. The van der Waals surface area contributed by atoms with Crippen LogP contribution in [0.2, 0.25) is 0 Å². The molecule has 1 amide bonds. The molecule has 6 heteroatoms. The molecule has 1 aromatic heterocycles. The van der Waals surface area contributed by atoms with Gasteiger partial charge in [-0.3, -0.25) is 4.79 Å². The molecule has 5 nitrogen and oxygen atoms in total. The van der Waals surface area contributed by atoms with Crippen molar-refractivity contribution in [3.63, 3.8) is 0 Å². The highest BCUT2D eigenvalue weighted by Crippen LogP contribution is 2.28. The van der Waals surface area contributed by atoms with Gasteiger partial charge >= 0.3 is 0 Å². The van der Waals surface area contributed by atoms with Gasteiger partial charge in [-0.25, -0.2) is 0 Å². The lowest BCUT2D eigenvalue weighted by Gasteiger charge is -2.02. The summed E-state index contributed by atoms with van der Waals surface area (Å²) in [6.07, 6.45) is 6.25. The SMILES string of the molecule is NC(CCNC(=O)c1cc2c(s1)CCCCC2)=NO. The number of fused-ring (bicyclic) bond motifs is 1. The molecule has 0 aromatic carbocycles. The first-order valence-corrected chi connectivity index (χ1v) is 7.38. The number of nitrogens with one attached hydrogen (secondary N) is 1. The number of nitrogens with zero attached hydrogens (tertiary/aromatic N) is 1. The number of amides is 1. The van der Waals surface area contributed by atoms with Crippen LogP contribution < -0.4 is 11.1 Å². The van der Waals surface area contributed by atoms with Crippen molar-refractivity contribution in [3.05, 3.63) is 21.4 Å². The van der Waals surface area contributed by atoms with E-state index in [1.54, 1.807) is 11.3 Å². The van der Waals surface area contributed by atoms with Crippen LogP contribution in [-0.4, -0.2) is 23.5 Å². The molecule has 0 unspecified atom stereocenters. The first-order valence-electron chi connectivity index (χ1n) is 6.57. The Labute approximate surface area is 116 Å². The third kappa shape index (κ3) is 3.70. The number of aryl methyl sites for hydroxylation is 2. The van der Waals surface area contributed by atoms with Crippen molar-refractivity contribution in [2.75, 3.05) is 6.54 Å². The Bertz CT molecular complexity index is 459. The van der Waals surface area contributed by atoms with Crippen LogP contribution >= 0.6 is 11.3 Å². The van der Waals surface area contributed by atoms with Gasteiger partial charge in [0, 0.05) is 17.8 Å². The summed E-state index contributed by atoms with van der Waals surface area (Å²) in [5, 5.41) is 14.1. The fourth-order valence-corrected chi connectivity index (χ4v) is 3.39. The monoisotopic (exact) mass is 281 g/mol. The van der Waals surface area contributed by atoms with E-state index in [2.05, 4.69) is 10.5 Å². The molecule has 1 aliphatic rings. The molecule has 0 saturated heterocycles. The van der Waals surface area contributed by atoms with Crippen molar-refractivity contribution in [1.29, 1.82) is 0 Å². The van der Waals surface area contributed by atoms with Gasteiger partial charge in [0.15, 0.2) is 0 Å². The summed E-state index contributed by atoms with van der Waals surface area (Å²) in [6, 6.07) is 2.02. The second-order valence-corrected chi connectivity index (χ2v) is 5.85. The molecule has 19 heavy (non-hydrogen) atoms. The lowest BCUT2D eigenvalue weighted by molar-refractivity contribution is 0.0958. The van der Waals surface area contributed by atoms with Crippen LogP contribution in [-0.2, 0) is 12.8 Å². The number of oxime groups is 1. The topological polar surface area (TPSA) is 87.7 Å². The lowest BCUT2D eigenvalue weighted by atomic mass is 10.1. The molecule has 2 rings (SSSR count). The van der Waals surface area contributed by atoms with Crippen molar-refractivity contribution in [2.24, 2.45) is 10.9 Å². The second kappa shape index (κ2) is 6.56. The molecule has 0 spiro atoms. The van der Waals surface area contributed by atoms with Crippen molar-refractivity contribution in [2.45, 2.75) is 38.5 Å². The molecular formula is C13H19N3O2S. The van der Waals surface area contributed by atoms with Gasteiger partial charge in [-0.1, -0.05) is 11.6 Å². The summed E-state index contributed by atoms with van der Waals surface area (Å²) in [4.78, 5) is 14.1. The number of hydrogen-bond donors (Lipinski definition) is 3. The number of thiophene rings is 1. The summed E-state index contributed by atoms with van der Waals surface area (Å²) >= 11 is 1.60. The minimum absolute atomic E-state index is 0.0659. The average Bonchev–Trinajstić information content (AvgIpc) is 2.70. The Balaban J connectivity index is 1.92. The number of nitrogens with two attached hydrogens (primary N) is 1. The highest BCUT2D eigenvalue weighted by molar-refractivity contribution is 7.14. The minimum atomic E-state index is -0.0659. The summed E-state index contributed by atoms with van der Waals surface area (Å²) in [5.74, 6) is 0.0612. The Morgan fingerprint density at radius 1 is 1.42 bits per heavy atom. The van der Waals surface area contributed by atoms with Crippen molar-refractivity contribution in [3.8, 4) is 0 Å². The molecular weight excluding hydrogens is 262 g/mol. The van der Waals surface area contributed by atoms with E-state index >= 15 is 0 Å². The van der Waals surface area contributed by atoms with Crippen LogP contribution in [0.3, 0.4) is 0 Å². The fourth-order valence-electron chi connectivity index (χ4n) is 2.22. The zero-order chi connectivity index (χ0) is 13.7. The third-order valence-electron chi connectivity index (χ3n) is 3.27. The van der Waals surface area contributed by atoms with Crippen LogP contribution in [0.1, 0.15) is 45.8 Å². The highest BCUT2D eigenvalue weighted by Gasteiger charge is 2.16. The van der Waals surface area contributed by atoms with Crippen molar-refractivity contribution < 1.29 is 10.0 Å². The van der Waals surface area contributed by atoms with Crippen LogP contribution in [0.5, 0.6) is 0 Å². The Kier molecular flexibility index (Phi) is 4.79. The molecule has 0 atom stereocenters. The number of rotatable bonds is 4. The summed E-state index contributed by atoms with van der Waals surface area (Å²) in [5.41, 5.74) is 6.68. The Hall–Kier alpha value is -1.56. The lowest BCUT2D eigenvalue weighted by Crippen LogP contribution is -2.27. The van der Waals surface area contributed by atoms with Gasteiger partial charge < -0.3 is 16.3 Å². The normalized spacial score (nSPS) is 15.7. The van der Waals surface area contributed by atoms with E-state index in [1.807, 2.05) is 6.07 Å². The van der Waals surface area contributed by atoms with Crippen LogP contribution in [0.25, 0.3) is 0 Å². The van der Waals surface area contributed by atoms with Gasteiger partial charge in [0.05, 0.1) is 4.88 Å². The number of carbonyl (C=O) groups is 1. The van der Waals surface area contributed by atoms with E-state index in [-0.39, 0.29) is 11.7 Å². The van der Waals surface area contributed by atoms with Crippen LogP contribution in [0, 0.1) is 0 Å². The van der Waals surface area contributed by atoms with Crippen LogP contribution in [0.15, 0.2) is 11.2 Å². The van der Waals surface area contributed by atoms with Crippen LogP contribution in [0.4, 0.5) is 0 Å². The van der Waals surface area contributed by atoms with E-state index in [9.17, 15) is 4.79 Å². The molecule has 0 aliphatic heterocycles. The maximum Gasteiger partial charge on any atom is 0.261 e. The zero-order valence-electron chi connectivity index (χ0n) is 10.8. The van der Waals surface area contributed by atoms with E-state index < -0.39 is 0 Å². The predicted molar refractivity (Wildman–Crippen MR) is 75.9 cm³/mol. The van der Waals surface area contributed by atoms with E-state index in [4.69, 9.17) is 10.9 Å². The largest absolute Gasteiger partial charge is 0.409 e. The third-order valence-corrected chi connectivity index (χ3v) is 4.50. The number of amidine groups is 1. The summed E-state index contributed by atoms with van der Waals surface area (Å²) in [6.45, 7) is 0.386. The van der Waals surface area contributed by atoms with Gasteiger partial charge in [-0.15, -0.1) is 11.3 Å². The average molecular weight is 281 g/mol. The quantitative estimate of drug-likeness (QED) is 0.259. The molecule has 1 heterocycles. The van der Waals surface area contributed by atoms with E-state index in [1.165, 1.54) is 29.7 Å². The van der Waals surface area contributed by atoms with Crippen molar-refractivity contribution in [1.82, 2.24) is 5.32 Å². The zero-order valence-corrected chi connectivity index (χ0v) is 11.6. The summed E-state index contributed by atoms with van der Waals surface area (Å²) < 4.78 is 0. The van der Waals surface area contributed by atoms with Gasteiger partial charge in [0.1, 0.15) is 5.84 Å². The highest BCUT2D eigenvalue weighted by atomic mass is 32.1. The molecule has 0 radical (unpaired) electrons. The first kappa shape index (κ1) is 13.9. The standard InChI is InChI=1S/C13H19N3O2S/c14-12(16-18)6-7-15-13(17)11-8-9-4-2-1-3-5-10(9)19-11/h8,18H,1-7H2,(H2,14,16)(H,15,17). The number of carbonyl (C=O) groups excluding carboxylic acids is 1. The molecule has 4 N–H and O–H groups in total. The second-order valence-electron chi connectivity index (χ2n) is 4.72. The molecule has 1 aromatic rings. The Morgan fingerprint density at radius 3 is 3.00 bits per heavy atom. The first-order chi connectivity index (χ1) is 9.20. The molecule has 0 saturated carbocycles. The maximum absolute atomic E-state index is 12.0. The summed E-state index contributed by atoms with van der Waals surface area (Å²) in [7, 11) is 0. The molecule has 0 bridgehead atoms. The number of hydrogen-bond acceptors (Lipinski definition) is 4. The van der Waals surface area contributed by atoms with Gasteiger partial charge in [-0.05, 0) is 37.3 Å². The molecule has 0 fully saturated rings. The van der Waals surface area contributed by atoms with E-state index in [0.717, 1.165) is 17.7 Å². The Morgan fingerprint density at radius 2 is 2.21 bits per heavy atom. The molecule has 104 valence electrons. The van der Waals surface area contributed by atoms with E-state index in [0.29, 0.717) is 13.0 Å². The fraction of sp³-hybridized carbons (Fsp3) is 0.538. The smallest absolute Gasteiger partial charge is 0.261 e. The van der Waals surface area contributed by atoms with Gasteiger partial charge in [-0.2, -0.15) is 0 Å². The van der Waals surface area contributed by atoms with Gasteiger partial charge in [0.25, 0.3) is 5.91 Å². The minimum Gasteiger partial charge on any atom is -0.409 e. The molecule has 1 aliphatic carbocycles. The maximum atomic E-state index is 12.0. The van der Waals surface area contributed by atoms with Gasteiger partial charge in [0.2, 0.25) is 0 Å².